The quantitative estimate of drug-likeness (QED) is 0.656. The van der Waals surface area contributed by atoms with Crippen molar-refractivity contribution < 1.29 is 4.74 Å². The Balaban J connectivity index is 1.76. The third-order valence-corrected chi connectivity index (χ3v) is 3.74. The number of hydrogen-bond donors (Lipinski definition) is 1. The van der Waals surface area contributed by atoms with Crippen LogP contribution in [0.2, 0.25) is 0 Å². The molecule has 1 aliphatic rings. The lowest BCUT2D eigenvalue weighted by Gasteiger charge is -2.12. The predicted octanol–water partition coefficient (Wildman–Crippen LogP) is 3.99. The molecule has 1 aliphatic carbocycles. The summed E-state index contributed by atoms with van der Waals surface area (Å²) >= 11 is 0. The molecule has 1 saturated carbocycles. The second-order valence-electron chi connectivity index (χ2n) is 5.85. The highest BCUT2D eigenvalue weighted by molar-refractivity contribution is 5.32. The summed E-state index contributed by atoms with van der Waals surface area (Å²) in [6.45, 7) is 5.97. The van der Waals surface area contributed by atoms with E-state index in [1.807, 2.05) is 13.1 Å². The molecule has 1 heterocycles. The van der Waals surface area contributed by atoms with Gasteiger partial charge in [0.05, 0.1) is 6.61 Å². The summed E-state index contributed by atoms with van der Waals surface area (Å²) in [5.41, 5.74) is 2.22. The van der Waals surface area contributed by atoms with Crippen LogP contribution in [0.1, 0.15) is 63.1 Å². The van der Waals surface area contributed by atoms with Crippen LogP contribution >= 0.6 is 0 Å². The second-order valence-corrected chi connectivity index (χ2v) is 5.85. The van der Waals surface area contributed by atoms with Gasteiger partial charge in [-0.05, 0) is 26.2 Å². The molecule has 0 aliphatic heterocycles. The number of aromatic nitrogens is 1. The Morgan fingerprint density at radius 2 is 2.05 bits per heavy atom. The third kappa shape index (κ3) is 5.49. The van der Waals surface area contributed by atoms with Crippen molar-refractivity contribution >= 4 is 0 Å². The van der Waals surface area contributed by atoms with Gasteiger partial charge in [0.2, 0.25) is 0 Å². The molecule has 0 radical (unpaired) electrons. The van der Waals surface area contributed by atoms with Crippen LogP contribution in [0.15, 0.2) is 12.3 Å². The van der Waals surface area contributed by atoms with Crippen molar-refractivity contribution in [3.63, 3.8) is 0 Å². The molecule has 1 N–H and O–H groups in total. The Morgan fingerprint density at radius 3 is 2.80 bits per heavy atom. The minimum Gasteiger partial charge on any atom is -0.493 e. The van der Waals surface area contributed by atoms with E-state index in [9.17, 15) is 0 Å². The highest BCUT2D eigenvalue weighted by Crippen LogP contribution is 2.23. The number of aryl methyl sites for hydroxylation is 1. The van der Waals surface area contributed by atoms with Gasteiger partial charge in [0.1, 0.15) is 5.75 Å². The van der Waals surface area contributed by atoms with Crippen molar-refractivity contribution in [1.82, 2.24) is 10.3 Å². The van der Waals surface area contributed by atoms with Crippen LogP contribution in [0.4, 0.5) is 0 Å². The number of hydrogen-bond acceptors (Lipinski definition) is 3. The van der Waals surface area contributed by atoms with Crippen LogP contribution in [-0.2, 0) is 6.54 Å². The Labute approximate surface area is 123 Å². The highest BCUT2D eigenvalue weighted by atomic mass is 16.5. The lowest BCUT2D eigenvalue weighted by atomic mass is 10.2. The van der Waals surface area contributed by atoms with Crippen LogP contribution in [0, 0.1) is 6.92 Å². The molecular formula is C17H28N2O. The molecule has 1 fully saturated rings. The SMILES string of the molecule is CCCCCCCOc1cc(C)ncc1CNC1CC1. The van der Waals surface area contributed by atoms with Gasteiger partial charge in [-0.2, -0.15) is 0 Å². The molecule has 20 heavy (non-hydrogen) atoms. The molecule has 3 nitrogen and oxygen atoms in total. The first-order valence-corrected chi connectivity index (χ1v) is 8.11. The van der Waals surface area contributed by atoms with Gasteiger partial charge in [0, 0.05) is 36.1 Å². The number of nitrogens with one attached hydrogen (secondary N) is 1. The van der Waals surface area contributed by atoms with Gasteiger partial charge in [-0.15, -0.1) is 0 Å². The summed E-state index contributed by atoms with van der Waals surface area (Å²) in [5.74, 6) is 1.01. The van der Waals surface area contributed by atoms with Gasteiger partial charge >= 0.3 is 0 Å². The number of rotatable bonds is 10. The third-order valence-electron chi connectivity index (χ3n) is 3.74. The maximum Gasteiger partial charge on any atom is 0.127 e. The zero-order chi connectivity index (χ0) is 14.2. The second kappa shape index (κ2) is 8.25. The standard InChI is InChI=1S/C17H28N2O/c1-3-4-5-6-7-10-20-17-11-14(2)18-12-15(17)13-19-16-8-9-16/h11-12,16,19H,3-10,13H2,1-2H3. The lowest BCUT2D eigenvalue weighted by Crippen LogP contribution is -2.16. The number of nitrogens with zero attached hydrogens (tertiary/aromatic N) is 1. The van der Waals surface area contributed by atoms with E-state index in [4.69, 9.17) is 4.74 Å². The van der Waals surface area contributed by atoms with Crippen molar-refractivity contribution in [3.05, 3.63) is 23.5 Å². The summed E-state index contributed by atoms with van der Waals surface area (Å²) in [5, 5.41) is 3.53. The Bertz CT molecular complexity index is 402. The lowest BCUT2D eigenvalue weighted by molar-refractivity contribution is 0.300. The van der Waals surface area contributed by atoms with E-state index in [1.54, 1.807) is 0 Å². The fourth-order valence-corrected chi connectivity index (χ4v) is 2.26. The average Bonchev–Trinajstić information content (AvgIpc) is 3.26. The van der Waals surface area contributed by atoms with E-state index in [1.165, 1.54) is 44.1 Å². The normalized spacial score (nSPS) is 14.5. The molecule has 3 heteroatoms. The molecule has 0 saturated heterocycles. The topological polar surface area (TPSA) is 34.1 Å². The van der Waals surface area contributed by atoms with E-state index in [-0.39, 0.29) is 0 Å². The largest absolute Gasteiger partial charge is 0.493 e. The summed E-state index contributed by atoms with van der Waals surface area (Å²) in [6.07, 6.45) is 11.0. The fourth-order valence-electron chi connectivity index (χ4n) is 2.26. The van der Waals surface area contributed by atoms with Gasteiger partial charge in [-0.25, -0.2) is 0 Å². The number of unbranched alkanes of at least 4 members (excludes halogenated alkanes) is 4. The van der Waals surface area contributed by atoms with Crippen molar-refractivity contribution in [1.29, 1.82) is 0 Å². The molecule has 0 spiro atoms. The molecule has 0 unspecified atom stereocenters. The molecule has 0 bridgehead atoms. The Morgan fingerprint density at radius 1 is 1.25 bits per heavy atom. The molecular weight excluding hydrogens is 248 g/mol. The fraction of sp³-hybridized carbons (Fsp3) is 0.706. The molecule has 0 aromatic carbocycles. The van der Waals surface area contributed by atoms with Crippen molar-refractivity contribution in [2.45, 2.75) is 71.4 Å². The minimum absolute atomic E-state index is 0.721. The summed E-state index contributed by atoms with van der Waals surface area (Å²) < 4.78 is 5.97. The molecule has 0 atom stereocenters. The van der Waals surface area contributed by atoms with Crippen LogP contribution in [-0.4, -0.2) is 17.6 Å². The monoisotopic (exact) mass is 276 g/mol. The zero-order valence-electron chi connectivity index (χ0n) is 13.0. The van der Waals surface area contributed by atoms with Crippen molar-refractivity contribution in [2.24, 2.45) is 0 Å². The average molecular weight is 276 g/mol. The van der Waals surface area contributed by atoms with E-state index in [2.05, 4.69) is 23.3 Å². The number of pyridine rings is 1. The van der Waals surface area contributed by atoms with E-state index >= 15 is 0 Å². The van der Waals surface area contributed by atoms with Gasteiger partial charge < -0.3 is 10.1 Å². The number of ether oxygens (including phenoxy) is 1. The van der Waals surface area contributed by atoms with Crippen LogP contribution in [0.25, 0.3) is 0 Å². The highest BCUT2D eigenvalue weighted by Gasteiger charge is 2.20. The van der Waals surface area contributed by atoms with Crippen LogP contribution < -0.4 is 10.1 Å². The van der Waals surface area contributed by atoms with Gasteiger partial charge in [0.25, 0.3) is 0 Å². The molecule has 112 valence electrons. The molecule has 1 aromatic rings. The van der Waals surface area contributed by atoms with Crippen LogP contribution in [0.5, 0.6) is 5.75 Å². The van der Waals surface area contributed by atoms with E-state index < -0.39 is 0 Å². The predicted molar refractivity (Wildman–Crippen MR) is 83.1 cm³/mol. The first kappa shape index (κ1) is 15.3. The minimum atomic E-state index is 0.721. The first-order chi connectivity index (χ1) is 9.79. The smallest absolute Gasteiger partial charge is 0.127 e. The molecule has 0 amide bonds. The first-order valence-electron chi connectivity index (χ1n) is 8.11. The van der Waals surface area contributed by atoms with Gasteiger partial charge in [-0.1, -0.05) is 32.6 Å². The van der Waals surface area contributed by atoms with Crippen LogP contribution in [0.3, 0.4) is 0 Å². The van der Waals surface area contributed by atoms with E-state index in [0.717, 1.165) is 37.1 Å². The summed E-state index contributed by atoms with van der Waals surface area (Å²) in [6, 6.07) is 2.79. The van der Waals surface area contributed by atoms with Gasteiger partial charge in [0.15, 0.2) is 0 Å². The maximum atomic E-state index is 5.97. The van der Waals surface area contributed by atoms with E-state index in [0.29, 0.717) is 0 Å². The Kier molecular flexibility index (Phi) is 6.31. The zero-order valence-corrected chi connectivity index (χ0v) is 13.0. The van der Waals surface area contributed by atoms with Gasteiger partial charge in [-0.3, -0.25) is 4.98 Å². The van der Waals surface area contributed by atoms with Crippen molar-refractivity contribution in [2.75, 3.05) is 6.61 Å². The molecule has 1 aromatic heterocycles. The maximum absolute atomic E-state index is 5.97. The van der Waals surface area contributed by atoms with Crippen molar-refractivity contribution in [3.8, 4) is 5.75 Å². The Hall–Kier alpha value is -1.09. The summed E-state index contributed by atoms with van der Waals surface area (Å²) in [4.78, 5) is 4.39. The summed E-state index contributed by atoms with van der Waals surface area (Å²) in [7, 11) is 0. The molecule has 2 rings (SSSR count).